The van der Waals surface area contributed by atoms with E-state index in [1.807, 2.05) is 74.5 Å². The monoisotopic (exact) mass is 355 g/mol. The van der Waals surface area contributed by atoms with Gasteiger partial charge in [0.1, 0.15) is 6.61 Å². The molecule has 0 aliphatic heterocycles. The van der Waals surface area contributed by atoms with Crippen LogP contribution in [0, 0.1) is 0 Å². The maximum atomic E-state index is 12.4. The number of hydrogen-bond acceptors (Lipinski definition) is 4. The lowest BCUT2D eigenvalue weighted by molar-refractivity contribution is 0.0706. The predicted octanol–water partition coefficient (Wildman–Crippen LogP) is 4.02. The van der Waals surface area contributed by atoms with Crippen molar-refractivity contribution in [1.29, 1.82) is 0 Å². The van der Waals surface area contributed by atoms with E-state index in [9.17, 15) is 4.79 Å². The average Bonchev–Trinajstić information content (AvgIpc) is 2.66. The number of nitrogens with two attached hydrogens (primary N) is 1. The first-order valence-electron chi connectivity index (χ1n) is 9.11. The van der Waals surface area contributed by atoms with Gasteiger partial charge in [-0.15, -0.1) is 0 Å². The van der Waals surface area contributed by atoms with Crippen LogP contribution in [0.5, 0.6) is 0 Å². The SMILES string of the molecule is CC(C)NN(CCCC(N)c1ccccc1)C(=O)OCc1ccccc1. The van der Waals surface area contributed by atoms with E-state index in [1.54, 1.807) is 5.01 Å². The molecule has 0 heterocycles. The zero-order valence-corrected chi connectivity index (χ0v) is 15.6. The van der Waals surface area contributed by atoms with Crippen molar-refractivity contribution in [2.45, 2.75) is 45.4 Å². The summed E-state index contributed by atoms with van der Waals surface area (Å²) in [7, 11) is 0. The summed E-state index contributed by atoms with van der Waals surface area (Å²) in [5.41, 5.74) is 11.5. The molecule has 2 aromatic rings. The smallest absolute Gasteiger partial charge is 0.424 e. The number of carbonyl (C=O) groups is 1. The summed E-state index contributed by atoms with van der Waals surface area (Å²) in [6, 6.07) is 19.8. The first-order chi connectivity index (χ1) is 12.6. The van der Waals surface area contributed by atoms with Crippen LogP contribution in [0.1, 0.15) is 43.9 Å². The van der Waals surface area contributed by atoms with Crippen LogP contribution in [-0.2, 0) is 11.3 Å². The van der Waals surface area contributed by atoms with Gasteiger partial charge in [-0.05, 0) is 37.8 Å². The van der Waals surface area contributed by atoms with Crippen molar-refractivity contribution in [3.63, 3.8) is 0 Å². The second-order valence-electron chi connectivity index (χ2n) is 6.64. The topological polar surface area (TPSA) is 67.6 Å². The highest BCUT2D eigenvalue weighted by Gasteiger charge is 2.16. The van der Waals surface area contributed by atoms with E-state index in [0.717, 1.165) is 24.0 Å². The molecule has 1 amide bonds. The second-order valence-corrected chi connectivity index (χ2v) is 6.64. The lowest BCUT2D eigenvalue weighted by Crippen LogP contribution is -2.47. The molecule has 0 saturated carbocycles. The molecule has 5 nitrogen and oxygen atoms in total. The molecule has 5 heteroatoms. The lowest BCUT2D eigenvalue weighted by atomic mass is 10.0. The number of hydrogen-bond donors (Lipinski definition) is 2. The van der Waals surface area contributed by atoms with E-state index in [4.69, 9.17) is 10.5 Å². The molecular formula is C21H29N3O2. The Morgan fingerprint density at radius 1 is 1.08 bits per heavy atom. The van der Waals surface area contributed by atoms with E-state index < -0.39 is 0 Å². The van der Waals surface area contributed by atoms with E-state index in [0.29, 0.717) is 6.54 Å². The maximum absolute atomic E-state index is 12.4. The highest BCUT2D eigenvalue weighted by atomic mass is 16.6. The number of nitrogens with one attached hydrogen (secondary N) is 1. The molecule has 0 fully saturated rings. The fourth-order valence-corrected chi connectivity index (χ4v) is 2.65. The van der Waals surface area contributed by atoms with Gasteiger partial charge < -0.3 is 10.5 Å². The highest BCUT2D eigenvalue weighted by Crippen LogP contribution is 2.15. The summed E-state index contributed by atoms with van der Waals surface area (Å²) in [6.45, 7) is 4.80. The van der Waals surface area contributed by atoms with Gasteiger partial charge in [0.15, 0.2) is 0 Å². The third-order valence-corrected chi connectivity index (χ3v) is 3.96. The van der Waals surface area contributed by atoms with Crippen LogP contribution < -0.4 is 11.2 Å². The van der Waals surface area contributed by atoms with Gasteiger partial charge in [-0.25, -0.2) is 15.2 Å². The highest BCUT2D eigenvalue weighted by molar-refractivity contribution is 5.67. The van der Waals surface area contributed by atoms with Gasteiger partial charge in [-0.2, -0.15) is 0 Å². The second kappa shape index (κ2) is 10.6. The number of amides is 1. The quantitative estimate of drug-likeness (QED) is 0.667. The first kappa shape index (κ1) is 19.9. The number of benzene rings is 2. The molecule has 140 valence electrons. The molecule has 2 rings (SSSR count). The fraction of sp³-hybridized carbons (Fsp3) is 0.381. The van der Waals surface area contributed by atoms with Crippen LogP contribution >= 0.6 is 0 Å². The van der Waals surface area contributed by atoms with Crippen LogP contribution in [0.15, 0.2) is 60.7 Å². The summed E-state index contributed by atoms with van der Waals surface area (Å²) >= 11 is 0. The Morgan fingerprint density at radius 3 is 2.31 bits per heavy atom. The molecule has 3 N–H and O–H groups in total. The summed E-state index contributed by atoms with van der Waals surface area (Å²) < 4.78 is 5.43. The minimum Gasteiger partial charge on any atom is -0.444 e. The minimum atomic E-state index is -0.365. The van der Waals surface area contributed by atoms with Gasteiger partial charge in [0.05, 0.1) is 0 Å². The number of carbonyl (C=O) groups excluding carboxylic acids is 1. The molecule has 2 aromatic carbocycles. The standard InChI is InChI=1S/C21H29N3O2/c1-17(2)23-24(21(25)26-16-18-10-5-3-6-11-18)15-9-14-20(22)19-12-7-4-8-13-19/h3-8,10-13,17,20,23H,9,14-16,22H2,1-2H3. The van der Waals surface area contributed by atoms with Gasteiger partial charge in [-0.3, -0.25) is 0 Å². The first-order valence-corrected chi connectivity index (χ1v) is 9.11. The van der Waals surface area contributed by atoms with Gasteiger partial charge in [0.2, 0.25) is 0 Å². The molecule has 0 aliphatic carbocycles. The molecule has 0 aromatic heterocycles. The molecular weight excluding hydrogens is 326 g/mol. The van der Waals surface area contributed by atoms with Crippen LogP contribution in [0.3, 0.4) is 0 Å². The summed E-state index contributed by atoms with van der Waals surface area (Å²) in [5.74, 6) is 0. The zero-order chi connectivity index (χ0) is 18.8. The van der Waals surface area contributed by atoms with Crippen molar-refractivity contribution >= 4 is 6.09 Å². The van der Waals surface area contributed by atoms with Crippen molar-refractivity contribution in [2.24, 2.45) is 5.73 Å². The van der Waals surface area contributed by atoms with Gasteiger partial charge in [0.25, 0.3) is 0 Å². The predicted molar refractivity (Wildman–Crippen MR) is 104 cm³/mol. The van der Waals surface area contributed by atoms with Crippen molar-refractivity contribution in [3.05, 3.63) is 71.8 Å². The zero-order valence-electron chi connectivity index (χ0n) is 15.6. The summed E-state index contributed by atoms with van der Waals surface area (Å²) in [6.07, 6.45) is 1.22. The van der Waals surface area contributed by atoms with Crippen molar-refractivity contribution < 1.29 is 9.53 Å². The number of ether oxygens (including phenoxy) is 1. The molecule has 1 atom stereocenters. The Morgan fingerprint density at radius 2 is 1.69 bits per heavy atom. The molecule has 0 spiro atoms. The van der Waals surface area contributed by atoms with Crippen molar-refractivity contribution in [3.8, 4) is 0 Å². The maximum Gasteiger partial charge on any atom is 0.424 e. The Bertz CT molecular complexity index is 647. The number of hydrazine groups is 1. The van der Waals surface area contributed by atoms with Crippen LogP contribution in [-0.4, -0.2) is 23.7 Å². The van der Waals surface area contributed by atoms with E-state index in [-0.39, 0.29) is 24.8 Å². The van der Waals surface area contributed by atoms with E-state index in [2.05, 4.69) is 5.43 Å². The Kier molecular flexibility index (Phi) is 8.12. The van der Waals surface area contributed by atoms with Crippen LogP contribution in [0.2, 0.25) is 0 Å². The molecule has 0 saturated heterocycles. The Hall–Kier alpha value is -2.37. The molecule has 0 radical (unpaired) electrons. The van der Waals surface area contributed by atoms with E-state index >= 15 is 0 Å². The summed E-state index contributed by atoms with van der Waals surface area (Å²) in [4.78, 5) is 12.4. The van der Waals surface area contributed by atoms with Crippen molar-refractivity contribution in [1.82, 2.24) is 10.4 Å². The van der Waals surface area contributed by atoms with Crippen LogP contribution in [0.25, 0.3) is 0 Å². The Balaban J connectivity index is 1.82. The third kappa shape index (κ3) is 6.86. The number of nitrogens with zero attached hydrogens (tertiary/aromatic N) is 1. The van der Waals surface area contributed by atoms with Gasteiger partial charge in [-0.1, -0.05) is 60.7 Å². The van der Waals surface area contributed by atoms with Crippen LogP contribution in [0.4, 0.5) is 4.79 Å². The minimum absolute atomic E-state index is 0.0301. The number of rotatable bonds is 9. The van der Waals surface area contributed by atoms with E-state index in [1.165, 1.54) is 0 Å². The lowest BCUT2D eigenvalue weighted by Gasteiger charge is -2.25. The summed E-state index contributed by atoms with van der Waals surface area (Å²) in [5, 5.41) is 1.55. The molecule has 1 unspecified atom stereocenters. The van der Waals surface area contributed by atoms with Gasteiger partial charge in [0, 0.05) is 18.6 Å². The third-order valence-electron chi connectivity index (χ3n) is 3.96. The van der Waals surface area contributed by atoms with Crippen molar-refractivity contribution in [2.75, 3.05) is 6.54 Å². The fourth-order valence-electron chi connectivity index (χ4n) is 2.65. The largest absolute Gasteiger partial charge is 0.444 e. The Labute approximate surface area is 156 Å². The molecule has 0 aliphatic rings. The molecule has 0 bridgehead atoms. The van der Waals surface area contributed by atoms with Gasteiger partial charge >= 0.3 is 6.09 Å². The molecule has 26 heavy (non-hydrogen) atoms. The average molecular weight is 355 g/mol. The normalized spacial score (nSPS) is 12.0.